The predicted molar refractivity (Wildman–Crippen MR) is 118 cm³/mol. The van der Waals surface area contributed by atoms with E-state index in [4.69, 9.17) is 19.9 Å². The van der Waals surface area contributed by atoms with Crippen LogP contribution in [0.15, 0.2) is 18.2 Å². The maximum absolute atomic E-state index is 15.2. The van der Waals surface area contributed by atoms with Crippen LogP contribution >= 0.6 is 0 Å². The Morgan fingerprint density at radius 3 is 2.44 bits per heavy atom. The van der Waals surface area contributed by atoms with Crippen molar-refractivity contribution in [2.24, 2.45) is 5.73 Å². The van der Waals surface area contributed by atoms with Gasteiger partial charge in [-0.05, 0) is 39.7 Å². The van der Waals surface area contributed by atoms with Crippen molar-refractivity contribution in [2.75, 3.05) is 13.7 Å². The molecule has 8 nitrogen and oxygen atoms in total. The smallest absolute Gasteiger partial charge is 0.407 e. The number of nitrogens with two attached hydrogens (primary N) is 1. The molecule has 0 heterocycles. The van der Waals surface area contributed by atoms with Crippen LogP contribution in [-0.4, -0.2) is 43.3 Å². The van der Waals surface area contributed by atoms with Gasteiger partial charge in [0.15, 0.2) is 11.6 Å². The van der Waals surface area contributed by atoms with Crippen LogP contribution in [0.1, 0.15) is 71.3 Å². The summed E-state index contributed by atoms with van der Waals surface area (Å²) in [6.45, 7) is 7.02. The minimum atomic E-state index is -0.742. The van der Waals surface area contributed by atoms with Crippen molar-refractivity contribution in [2.45, 2.75) is 77.4 Å². The van der Waals surface area contributed by atoms with Crippen molar-refractivity contribution < 1.29 is 33.0 Å². The molecule has 9 heteroatoms. The Morgan fingerprint density at radius 2 is 1.88 bits per heavy atom. The highest BCUT2D eigenvalue weighted by atomic mass is 19.1. The van der Waals surface area contributed by atoms with Gasteiger partial charge in [-0.25, -0.2) is 9.18 Å². The SMILES string of the molecule is CCCCC(C(=O)OC)c1cccc(OC[C@H](CCC(N)=O)NC(=O)OC(C)(C)C)c1F. The predicted octanol–water partition coefficient (Wildman–Crippen LogP) is 3.81. The van der Waals surface area contributed by atoms with Gasteiger partial charge in [-0.1, -0.05) is 31.9 Å². The zero-order chi connectivity index (χ0) is 24.3. The first-order valence-corrected chi connectivity index (χ1v) is 10.7. The van der Waals surface area contributed by atoms with E-state index in [1.807, 2.05) is 6.92 Å². The molecular weight excluding hydrogens is 419 g/mol. The number of esters is 1. The molecule has 0 aliphatic heterocycles. The van der Waals surface area contributed by atoms with Crippen molar-refractivity contribution >= 4 is 18.0 Å². The molecule has 180 valence electrons. The maximum Gasteiger partial charge on any atom is 0.407 e. The van der Waals surface area contributed by atoms with Gasteiger partial charge in [-0.3, -0.25) is 9.59 Å². The molecule has 0 aliphatic rings. The second-order valence-electron chi connectivity index (χ2n) is 8.54. The quantitative estimate of drug-likeness (QED) is 0.464. The number of hydrogen-bond acceptors (Lipinski definition) is 6. The van der Waals surface area contributed by atoms with E-state index in [1.165, 1.54) is 19.2 Å². The summed E-state index contributed by atoms with van der Waals surface area (Å²) in [6.07, 6.45) is 1.55. The first-order chi connectivity index (χ1) is 15.0. The van der Waals surface area contributed by atoms with Gasteiger partial charge in [0.1, 0.15) is 12.2 Å². The van der Waals surface area contributed by atoms with Gasteiger partial charge in [0.05, 0.1) is 19.1 Å². The lowest BCUT2D eigenvalue weighted by Crippen LogP contribution is -2.42. The number of carbonyl (C=O) groups excluding carboxylic acids is 3. The van der Waals surface area contributed by atoms with Gasteiger partial charge < -0.3 is 25.3 Å². The van der Waals surface area contributed by atoms with Crippen LogP contribution in [0.2, 0.25) is 0 Å². The number of halogens is 1. The lowest BCUT2D eigenvalue weighted by Gasteiger charge is -2.24. The van der Waals surface area contributed by atoms with Gasteiger partial charge in [0.2, 0.25) is 5.91 Å². The summed E-state index contributed by atoms with van der Waals surface area (Å²) in [4.78, 5) is 35.5. The van der Waals surface area contributed by atoms with E-state index in [9.17, 15) is 14.4 Å². The van der Waals surface area contributed by atoms with Gasteiger partial charge in [0.25, 0.3) is 0 Å². The van der Waals surface area contributed by atoms with Gasteiger partial charge in [-0.2, -0.15) is 0 Å². The van der Waals surface area contributed by atoms with Crippen molar-refractivity contribution in [1.82, 2.24) is 5.32 Å². The number of methoxy groups -OCH3 is 1. The summed E-state index contributed by atoms with van der Waals surface area (Å²) in [5, 5.41) is 2.62. The Balaban J connectivity index is 2.98. The maximum atomic E-state index is 15.2. The zero-order valence-electron chi connectivity index (χ0n) is 19.5. The lowest BCUT2D eigenvalue weighted by atomic mass is 9.93. The van der Waals surface area contributed by atoms with Gasteiger partial charge in [0, 0.05) is 12.0 Å². The molecule has 0 bridgehead atoms. The van der Waals surface area contributed by atoms with E-state index in [1.54, 1.807) is 26.8 Å². The summed E-state index contributed by atoms with van der Waals surface area (Å²) in [7, 11) is 1.27. The molecular formula is C23H35FN2O6. The number of benzene rings is 1. The van der Waals surface area contributed by atoms with E-state index in [0.717, 1.165) is 12.8 Å². The normalized spacial score (nSPS) is 13.1. The average Bonchev–Trinajstić information content (AvgIpc) is 2.70. The molecule has 1 unspecified atom stereocenters. The molecule has 0 aliphatic carbocycles. The molecule has 0 spiro atoms. The van der Waals surface area contributed by atoms with Crippen LogP contribution in [0, 0.1) is 5.82 Å². The molecule has 0 saturated carbocycles. The standard InChI is InChI=1S/C23H35FN2O6/c1-6-7-9-17(21(28)30-5)16-10-8-11-18(20(16)24)31-14-15(12-13-19(25)27)26-22(29)32-23(2,3)4/h8,10-11,15,17H,6-7,9,12-14H2,1-5H3,(H2,25,27)(H,26,29)/t15-,17?/m0/s1. The minimum Gasteiger partial charge on any atom is -0.488 e. The van der Waals surface area contributed by atoms with Crippen LogP contribution < -0.4 is 15.8 Å². The minimum absolute atomic E-state index is 0.00772. The van der Waals surface area contributed by atoms with Gasteiger partial charge >= 0.3 is 12.1 Å². The number of nitrogens with one attached hydrogen (secondary N) is 1. The Hall–Kier alpha value is -2.84. The summed E-state index contributed by atoms with van der Waals surface area (Å²) in [5.41, 5.74) is 4.70. The van der Waals surface area contributed by atoms with E-state index < -0.39 is 41.3 Å². The van der Waals surface area contributed by atoms with Crippen molar-refractivity contribution in [3.8, 4) is 5.75 Å². The number of rotatable bonds is 12. The molecule has 0 aromatic heterocycles. The largest absolute Gasteiger partial charge is 0.488 e. The second kappa shape index (κ2) is 12.9. The Labute approximate surface area is 189 Å². The van der Waals surface area contributed by atoms with Crippen molar-refractivity contribution in [3.63, 3.8) is 0 Å². The fourth-order valence-corrected chi connectivity index (χ4v) is 3.04. The monoisotopic (exact) mass is 454 g/mol. The summed E-state index contributed by atoms with van der Waals surface area (Å²) in [5.74, 6) is -2.52. The number of amides is 2. The third-order valence-corrected chi connectivity index (χ3v) is 4.60. The van der Waals surface area contributed by atoms with Crippen LogP contribution in [0.4, 0.5) is 9.18 Å². The lowest BCUT2D eigenvalue weighted by molar-refractivity contribution is -0.142. The van der Waals surface area contributed by atoms with E-state index >= 15 is 4.39 Å². The third kappa shape index (κ3) is 9.53. The molecule has 2 atom stereocenters. The molecule has 2 amide bonds. The second-order valence-corrected chi connectivity index (χ2v) is 8.54. The Kier molecular flexibility index (Phi) is 10.9. The van der Waals surface area contributed by atoms with Crippen LogP contribution in [-0.2, 0) is 19.1 Å². The van der Waals surface area contributed by atoms with E-state index in [2.05, 4.69) is 5.32 Å². The summed E-state index contributed by atoms with van der Waals surface area (Å²) >= 11 is 0. The van der Waals surface area contributed by atoms with Crippen molar-refractivity contribution in [3.05, 3.63) is 29.6 Å². The molecule has 1 aromatic rings. The number of hydrogen-bond donors (Lipinski definition) is 2. The summed E-state index contributed by atoms with van der Waals surface area (Å²) in [6, 6.07) is 3.92. The number of alkyl carbamates (subject to hydrolysis) is 1. The highest BCUT2D eigenvalue weighted by Gasteiger charge is 2.26. The highest BCUT2D eigenvalue weighted by Crippen LogP contribution is 2.31. The number of carbonyl (C=O) groups is 3. The number of ether oxygens (including phenoxy) is 3. The number of unbranched alkanes of at least 4 members (excludes halogenated alkanes) is 1. The topological polar surface area (TPSA) is 117 Å². The molecule has 3 N–H and O–H groups in total. The molecule has 1 rings (SSSR count). The summed E-state index contributed by atoms with van der Waals surface area (Å²) < 4.78 is 30.9. The fourth-order valence-electron chi connectivity index (χ4n) is 3.04. The first-order valence-electron chi connectivity index (χ1n) is 10.7. The van der Waals surface area contributed by atoms with E-state index in [0.29, 0.717) is 6.42 Å². The molecule has 0 saturated heterocycles. The van der Waals surface area contributed by atoms with Crippen LogP contribution in [0.25, 0.3) is 0 Å². The third-order valence-electron chi connectivity index (χ3n) is 4.60. The van der Waals surface area contributed by atoms with Crippen LogP contribution in [0.3, 0.4) is 0 Å². The molecule has 0 radical (unpaired) electrons. The zero-order valence-corrected chi connectivity index (χ0v) is 19.5. The average molecular weight is 455 g/mol. The Morgan fingerprint density at radius 1 is 1.19 bits per heavy atom. The van der Waals surface area contributed by atoms with Crippen LogP contribution in [0.5, 0.6) is 5.75 Å². The highest BCUT2D eigenvalue weighted by molar-refractivity contribution is 5.78. The molecule has 0 fully saturated rings. The van der Waals surface area contributed by atoms with Gasteiger partial charge in [-0.15, -0.1) is 0 Å². The van der Waals surface area contributed by atoms with E-state index in [-0.39, 0.29) is 30.8 Å². The fraction of sp³-hybridized carbons (Fsp3) is 0.609. The number of primary amides is 1. The molecule has 32 heavy (non-hydrogen) atoms. The first kappa shape index (κ1) is 27.2. The molecule has 1 aromatic carbocycles. The van der Waals surface area contributed by atoms with Crippen molar-refractivity contribution in [1.29, 1.82) is 0 Å². The Bertz CT molecular complexity index is 778.